The summed E-state index contributed by atoms with van der Waals surface area (Å²) in [5.41, 5.74) is 3.03. The van der Waals surface area contributed by atoms with Crippen LogP contribution in [0, 0.1) is 0 Å². The van der Waals surface area contributed by atoms with Gasteiger partial charge in [0.25, 0.3) is 0 Å². The Bertz CT molecular complexity index is 210. The molecule has 1 aliphatic heterocycles. The molecule has 13 heavy (non-hydrogen) atoms. The summed E-state index contributed by atoms with van der Waals surface area (Å²) in [6.45, 7) is 0.0481. The Morgan fingerprint density at radius 2 is 1.85 bits per heavy atom. The van der Waals surface area contributed by atoms with E-state index in [1.165, 1.54) is 0 Å². The summed E-state index contributed by atoms with van der Waals surface area (Å²) >= 11 is 0. The standard InChI is InChI=1S/C7H10F3NO.ClH/c8-7(9,10)6-2-1-5(11,3-6)4-12-6;/h1-4,11H2;1H. The maximum absolute atomic E-state index is 12.4. The minimum atomic E-state index is -4.26. The van der Waals surface area contributed by atoms with Crippen molar-refractivity contribution in [3.63, 3.8) is 0 Å². The van der Waals surface area contributed by atoms with E-state index in [1.807, 2.05) is 0 Å². The molecule has 0 aromatic carbocycles. The predicted octanol–water partition coefficient (Wildman–Crippen LogP) is 1.62. The van der Waals surface area contributed by atoms with Gasteiger partial charge in [0.2, 0.25) is 0 Å². The fourth-order valence-electron chi connectivity index (χ4n) is 2.05. The van der Waals surface area contributed by atoms with Crippen molar-refractivity contribution in [2.45, 2.75) is 36.6 Å². The van der Waals surface area contributed by atoms with E-state index in [2.05, 4.69) is 0 Å². The lowest BCUT2D eigenvalue weighted by Crippen LogP contribution is -2.43. The molecule has 2 atom stereocenters. The average Bonchev–Trinajstić information content (AvgIpc) is 2.40. The molecule has 2 aliphatic rings. The third kappa shape index (κ3) is 1.43. The molecule has 2 bridgehead atoms. The summed E-state index contributed by atoms with van der Waals surface area (Å²) in [7, 11) is 0. The van der Waals surface area contributed by atoms with Gasteiger partial charge in [-0.05, 0) is 12.8 Å². The predicted molar refractivity (Wildman–Crippen MR) is 42.8 cm³/mol. The molecular weight excluding hydrogens is 207 g/mol. The highest BCUT2D eigenvalue weighted by molar-refractivity contribution is 5.85. The van der Waals surface area contributed by atoms with Crippen LogP contribution in [-0.4, -0.2) is 23.9 Å². The van der Waals surface area contributed by atoms with E-state index in [1.54, 1.807) is 0 Å². The van der Waals surface area contributed by atoms with Crippen molar-refractivity contribution in [1.82, 2.24) is 0 Å². The second-order valence-corrected chi connectivity index (χ2v) is 3.82. The van der Waals surface area contributed by atoms with Crippen LogP contribution < -0.4 is 5.73 Å². The first-order chi connectivity index (χ1) is 5.37. The highest BCUT2D eigenvalue weighted by Gasteiger charge is 2.67. The van der Waals surface area contributed by atoms with Crippen LogP contribution in [-0.2, 0) is 4.74 Å². The molecule has 2 nitrogen and oxygen atoms in total. The van der Waals surface area contributed by atoms with E-state index < -0.39 is 17.3 Å². The summed E-state index contributed by atoms with van der Waals surface area (Å²) < 4.78 is 42.1. The molecule has 0 spiro atoms. The lowest BCUT2D eigenvalue weighted by molar-refractivity contribution is -0.264. The first-order valence-corrected chi connectivity index (χ1v) is 3.87. The van der Waals surface area contributed by atoms with Crippen molar-refractivity contribution in [3.05, 3.63) is 0 Å². The summed E-state index contributed by atoms with van der Waals surface area (Å²) in [5, 5.41) is 0. The first-order valence-electron chi connectivity index (χ1n) is 3.87. The zero-order valence-electron chi connectivity index (χ0n) is 6.86. The third-order valence-corrected chi connectivity index (χ3v) is 2.82. The number of hydrogen-bond donors (Lipinski definition) is 1. The Kier molecular flexibility index (Phi) is 2.34. The Morgan fingerprint density at radius 1 is 1.23 bits per heavy atom. The summed E-state index contributed by atoms with van der Waals surface area (Å²) in [4.78, 5) is 0. The first kappa shape index (κ1) is 11.1. The van der Waals surface area contributed by atoms with Crippen LogP contribution in [0.3, 0.4) is 0 Å². The van der Waals surface area contributed by atoms with Crippen LogP contribution in [0.5, 0.6) is 0 Å². The molecule has 0 amide bonds. The third-order valence-electron chi connectivity index (χ3n) is 2.82. The number of rotatable bonds is 0. The molecule has 2 N–H and O–H groups in total. The Balaban J connectivity index is 0.000000845. The molecule has 78 valence electrons. The highest BCUT2D eigenvalue weighted by atomic mass is 35.5. The van der Waals surface area contributed by atoms with E-state index in [9.17, 15) is 13.2 Å². The van der Waals surface area contributed by atoms with Gasteiger partial charge in [-0.1, -0.05) is 0 Å². The molecule has 6 heteroatoms. The second kappa shape index (κ2) is 2.74. The van der Waals surface area contributed by atoms with E-state index in [0.717, 1.165) is 0 Å². The van der Waals surface area contributed by atoms with Crippen LogP contribution >= 0.6 is 12.4 Å². The number of ether oxygens (including phenoxy) is 1. The number of nitrogens with two attached hydrogens (primary N) is 1. The minimum Gasteiger partial charge on any atom is -0.364 e. The molecule has 0 aromatic rings. The number of halogens is 4. The number of hydrogen-bond acceptors (Lipinski definition) is 2. The summed E-state index contributed by atoms with van der Waals surface area (Å²) in [6.07, 6.45) is -3.88. The van der Waals surface area contributed by atoms with Crippen molar-refractivity contribution in [2.24, 2.45) is 5.73 Å². The van der Waals surface area contributed by atoms with Crippen molar-refractivity contribution in [3.8, 4) is 0 Å². The number of fused-ring (bicyclic) bond motifs is 2. The van der Waals surface area contributed by atoms with Gasteiger partial charge in [-0.25, -0.2) is 0 Å². The van der Waals surface area contributed by atoms with Gasteiger partial charge in [-0.3, -0.25) is 0 Å². The smallest absolute Gasteiger partial charge is 0.364 e. The van der Waals surface area contributed by atoms with E-state index in [-0.39, 0.29) is 31.9 Å². The van der Waals surface area contributed by atoms with Gasteiger partial charge in [-0.2, -0.15) is 13.2 Å². The van der Waals surface area contributed by atoms with Crippen molar-refractivity contribution in [2.75, 3.05) is 6.61 Å². The molecule has 1 saturated heterocycles. The fourth-order valence-corrected chi connectivity index (χ4v) is 2.05. The largest absolute Gasteiger partial charge is 0.417 e. The molecule has 2 rings (SSSR count). The lowest BCUT2D eigenvalue weighted by atomic mass is 10.00. The molecule has 1 aliphatic carbocycles. The van der Waals surface area contributed by atoms with Gasteiger partial charge in [0, 0.05) is 12.0 Å². The van der Waals surface area contributed by atoms with E-state index >= 15 is 0 Å². The van der Waals surface area contributed by atoms with Crippen molar-refractivity contribution < 1.29 is 17.9 Å². The van der Waals surface area contributed by atoms with Crippen molar-refractivity contribution in [1.29, 1.82) is 0 Å². The quantitative estimate of drug-likeness (QED) is 0.669. The Labute approximate surface area is 80.0 Å². The van der Waals surface area contributed by atoms with Crippen LogP contribution in [0.25, 0.3) is 0 Å². The summed E-state index contributed by atoms with van der Waals surface area (Å²) in [6, 6.07) is 0. The van der Waals surface area contributed by atoms with Crippen molar-refractivity contribution >= 4 is 12.4 Å². The topological polar surface area (TPSA) is 35.2 Å². The second-order valence-electron chi connectivity index (χ2n) is 3.82. The maximum Gasteiger partial charge on any atom is 0.417 e. The van der Waals surface area contributed by atoms with Gasteiger partial charge in [0.1, 0.15) is 0 Å². The van der Waals surface area contributed by atoms with E-state index in [4.69, 9.17) is 10.5 Å². The van der Waals surface area contributed by atoms with Gasteiger partial charge >= 0.3 is 6.18 Å². The van der Waals surface area contributed by atoms with Gasteiger partial charge in [0.05, 0.1) is 6.61 Å². The number of alkyl halides is 3. The maximum atomic E-state index is 12.4. The Hall–Kier alpha value is -0.0000000000000000486. The Morgan fingerprint density at radius 3 is 2.00 bits per heavy atom. The van der Waals surface area contributed by atoms with Gasteiger partial charge in [0.15, 0.2) is 5.60 Å². The lowest BCUT2D eigenvalue weighted by Gasteiger charge is -2.29. The minimum absolute atomic E-state index is 0. The molecule has 1 heterocycles. The summed E-state index contributed by atoms with van der Waals surface area (Å²) in [5.74, 6) is 0. The van der Waals surface area contributed by atoms with Crippen LogP contribution in [0.15, 0.2) is 0 Å². The zero-order valence-corrected chi connectivity index (χ0v) is 7.67. The molecule has 0 radical (unpaired) electrons. The van der Waals surface area contributed by atoms with Crippen LogP contribution in [0.2, 0.25) is 0 Å². The molecule has 2 fully saturated rings. The SMILES string of the molecule is Cl.NC12CCC(C(F)(F)F)(C1)OC2. The average molecular weight is 218 g/mol. The monoisotopic (exact) mass is 217 g/mol. The normalized spacial score (nSPS) is 43.4. The van der Waals surface area contributed by atoms with E-state index in [0.29, 0.717) is 6.42 Å². The molecule has 2 unspecified atom stereocenters. The van der Waals surface area contributed by atoms with Gasteiger partial charge in [-0.15, -0.1) is 12.4 Å². The van der Waals surface area contributed by atoms with Crippen LogP contribution in [0.4, 0.5) is 13.2 Å². The highest BCUT2D eigenvalue weighted by Crippen LogP contribution is 2.53. The fraction of sp³-hybridized carbons (Fsp3) is 1.00. The van der Waals surface area contributed by atoms with Gasteiger partial charge < -0.3 is 10.5 Å². The zero-order chi connectivity index (χ0) is 9.04. The molecular formula is C7H11ClF3NO. The van der Waals surface area contributed by atoms with Crippen LogP contribution in [0.1, 0.15) is 19.3 Å². The molecule has 1 saturated carbocycles. The molecule has 0 aromatic heterocycles.